The van der Waals surface area contributed by atoms with Gasteiger partial charge in [0.05, 0.1) is 11.0 Å². The Hall–Kier alpha value is -3.27. The average molecular weight is 578 g/mol. The molecule has 3 N–H and O–H groups in total. The fourth-order valence-electron chi connectivity index (χ4n) is 8.29. The van der Waals surface area contributed by atoms with E-state index in [4.69, 9.17) is 10.6 Å². The first-order chi connectivity index (χ1) is 20.1. The fraction of sp³-hybridized carbons (Fsp3) is 0.656. The number of aliphatic carboxylic acids is 1. The Bertz CT molecular complexity index is 1440. The van der Waals surface area contributed by atoms with Crippen LogP contribution in [0.5, 0.6) is 0 Å². The van der Waals surface area contributed by atoms with Crippen LogP contribution in [0.2, 0.25) is 0 Å². The van der Waals surface area contributed by atoms with Gasteiger partial charge in [-0.25, -0.2) is 9.78 Å². The predicted octanol–water partition coefficient (Wildman–Crippen LogP) is 4.24. The van der Waals surface area contributed by atoms with Gasteiger partial charge in [-0.1, -0.05) is 43.0 Å². The number of aromatic nitrogens is 2. The van der Waals surface area contributed by atoms with Crippen LogP contribution in [0.15, 0.2) is 34.2 Å². The summed E-state index contributed by atoms with van der Waals surface area (Å²) in [6, 6.07) is 8.40. The maximum absolute atomic E-state index is 14.3. The molecule has 0 spiro atoms. The summed E-state index contributed by atoms with van der Waals surface area (Å²) < 4.78 is 1.81. The van der Waals surface area contributed by atoms with Crippen molar-refractivity contribution in [2.24, 2.45) is 28.6 Å². The van der Waals surface area contributed by atoms with Gasteiger partial charge in [-0.3, -0.25) is 14.5 Å². The first-order valence-corrected chi connectivity index (χ1v) is 15.7. The van der Waals surface area contributed by atoms with E-state index >= 15 is 0 Å². The molecule has 5 atom stereocenters. The Morgan fingerprint density at radius 1 is 0.952 bits per heavy atom. The topological polar surface area (TPSA) is 140 Å². The van der Waals surface area contributed by atoms with E-state index in [1.54, 1.807) is 6.07 Å². The van der Waals surface area contributed by atoms with Gasteiger partial charge in [-0.05, 0) is 88.7 Å². The summed E-state index contributed by atoms with van der Waals surface area (Å²) in [4.78, 5) is 50.9. The summed E-state index contributed by atoms with van der Waals surface area (Å²) in [6.07, 6.45) is 13.4. The van der Waals surface area contributed by atoms with Gasteiger partial charge in [-0.2, -0.15) is 0 Å². The molecule has 226 valence electrons. The number of amides is 1. The summed E-state index contributed by atoms with van der Waals surface area (Å²) in [5.74, 6) is -0.0777. The molecule has 2 aliphatic heterocycles. The SMILES string of the molecule is CC(C)(ON=C(C(N)=O)c1nc2ccccc2n(C2CC3CCCC(C2)N(C2CC4CCCC(C4)C2)C3)c1=O)C(=O)O. The number of hydrogen-bond donors (Lipinski definition) is 2. The minimum atomic E-state index is -1.73. The molecule has 1 aromatic heterocycles. The van der Waals surface area contributed by atoms with Crippen molar-refractivity contribution in [3.05, 3.63) is 40.3 Å². The Kier molecular flexibility index (Phi) is 7.85. The first kappa shape index (κ1) is 28.8. The monoisotopic (exact) mass is 577 g/mol. The van der Waals surface area contributed by atoms with Gasteiger partial charge >= 0.3 is 5.97 Å². The third-order valence-corrected chi connectivity index (χ3v) is 10.3. The molecule has 42 heavy (non-hydrogen) atoms. The zero-order chi connectivity index (χ0) is 29.6. The molecule has 10 nitrogen and oxygen atoms in total. The molecule has 4 aliphatic rings. The van der Waals surface area contributed by atoms with Crippen LogP contribution in [-0.2, 0) is 14.4 Å². The fourth-order valence-corrected chi connectivity index (χ4v) is 8.29. The van der Waals surface area contributed by atoms with Crippen molar-refractivity contribution in [2.45, 2.75) is 108 Å². The summed E-state index contributed by atoms with van der Waals surface area (Å²) in [6.45, 7) is 3.69. The van der Waals surface area contributed by atoms with Crippen LogP contribution in [0.25, 0.3) is 11.0 Å². The lowest BCUT2D eigenvalue weighted by Gasteiger charge is -2.46. The predicted molar refractivity (Wildman–Crippen MR) is 159 cm³/mol. The molecular weight excluding hydrogens is 534 g/mol. The number of carboxylic acid groups (broad SMARTS) is 1. The normalized spacial score (nSPS) is 30.5. The van der Waals surface area contributed by atoms with Crippen LogP contribution in [0.4, 0.5) is 0 Å². The first-order valence-electron chi connectivity index (χ1n) is 15.7. The molecule has 1 amide bonds. The molecule has 4 fully saturated rings. The number of primary amides is 1. The Morgan fingerprint density at radius 2 is 1.62 bits per heavy atom. The number of carbonyl (C=O) groups excluding carboxylic acids is 1. The molecule has 2 saturated heterocycles. The van der Waals surface area contributed by atoms with Gasteiger partial charge in [0, 0.05) is 24.7 Å². The second-order valence-electron chi connectivity index (χ2n) is 13.6. The number of oxime groups is 1. The van der Waals surface area contributed by atoms with E-state index in [0.29, 0.717) is 29.0 Å². The number of hydrogen-bond acceptors (Lipinski definition) is 7. The van der Waals surface area contributed by atoms with Crippen molar-refractivity contribution in [2.75, 3.05) is 6.54 Å². The number of rotatable bonds is 7. The highest BCUT2D eigenvalue weighted by Gasteiger charge is 2.42. The van der Waals surface area contributed by atoms with E-state index in [1.165, 1.54) is 58.8 Å². The third kappa shape index (κ3) is 5.57. The average Bonchev–Trinajstić information content (AvgIpc) is 3.24. The molecule has 6 rings (SSSR count). The highest BCUT2D eigenvalue weighted by Crippen LogP contribution is 2.45. The van der Waals surface area contributed by atoms with Crippen LogP contribution in [0.3, 0.4) is 0 Å². The molecule has 0 radical (unpaired) electrons. The van der Waals surface area contributed by atoms with Crippen LogP contribution in [0, 0.1) is 17.8 Å². The maximum Gasteiger partial charge on any atom is 0.350 e. The highest BCUT2D eigenvalue weighted by molar-refractivity contribution is 6.44. The molecule has 4 bridgehead atoms. The Balaban J connectivity index is 1.39. The van der Waals surface area contributed by atoms with E-state index in [-0.39, 0.29) is 11.7 Å². The highest BCUT2D eigenvalue weighted by atomic mass is 16.7. The summed E-state index contributed by atoms with van der Waals surface area (Å²) in [7, 11) is 0. The van der Waals surface area contributed by atoms with Crippen LogP contribution in [0.1, 0.15) is 96.2 Å². The van der Waals surface area contributed by atoms with Gasteiger partial charge < -0.3 is 20.2 Å². The Labute approximate surface area is 246 Å². The number of para-hydroxylation sites is 2. The second-order valence-corrected chi connectivity index (χ2v) is 13.6. The molecule has 2 saturated carbocycles. The quantitative estimate of drug-likeness (QED) is 0.371. The Morgan fingerprint density at radius 3 is 2.33 bits per heavy atom. The van der Waals surface area contributed by atoms with E-state index < -0.39 is 28.7 Å². The maximum atomic E-state index is 14.3. The number of nitrogens with two attached hydrogens (primary N) is 1. The van der Waals surface area contributed by atoms with Crippen molar-refractivity contribution in [1.29, 1.82) is 0 Å². The standard InChI is InChI=1S/C32H43N5O5/c1-32(2,31(40)41)42-35-27(29(33)38)28-30(39)37(26-12-4-3-11-25(26)34-28)24-16-21-9-6-10-22(17-24)36(18-21)23-14-19-7-5-8-20(13-19)15-23/h3-4,11-12,19-24H,5-10,13-18H2,1-2H3,(H2,33,38)(H,40,41). The smallest absolute Gasteiger partial charge is 0.350 e. The van der Waals surface area contributed by atoms with Crippen molar-refractivity contribution in [3.8, 4) is 0 Å². The van der Waals surface area contributed by atoms with Gasteiger partial charge in [0.2, 0.25) is 5.60 Å². The number of benzene rings is 1. The van der Waals surface area contributed by atoms with Crippen LogP contribution >= 0.6 is 0 Å². The van der Waals surface area contributed by atoms with Crippen molar-refractivity contribution in [1.82, 2.24) is 14.5 Å². The number of nitrogens with zero attached hydrogens (tertiary/aromatic N) is 4. The lowest BCUT2D eigenvalue weighted by molar-refractivity contribution is -0.161. The molecule has 5 unspecified atom stereocenters. The minimum absolute atomic E-state index is 0.0713. The van der Waals surface area contributed by atoms with E-state index in [1.807, 2.05) is 22.8 Å². The van der Waals surface area contributed by atoms with E-state index in [9.17, 15) is 19.5 Å². The van der Waals surface area contributed by atoms with Crippen LogP contribution in [-0.4, -0.2) is 61.4 Å². The zero-order valence-corrected chi connectivity index (χ0v) is 24.7. The van der Waals surface area contributed by atoms with Gasteiger partial charge in [-0.15, -0.1) is 0 Å². The van der Waals surface area contributed by atoms with Crippen molar-refractivity contribution in [3.63, 3.8) is 0 Å². The summed E-state index contributed by atoms with van der Waals surface area (Å²) in [5, 5.41) is 13.2. The molecule has 1 aromatic carbocycles. The van der Waals surface area contributed by atoms with E-state index in [2.05, 4.69) is 15.0 Å². The summed E-state index contributed by atoms with van der Waals surface area (Å²) in [5.41, 5.74) is 4.06. The number of carbonyl (C=O) groups is 2. The van der Waals surface area contributed by atoms with Gasteiger partial charge in [0.25, 0.3) is 11.5 Å². The van der Waals surface area contributed by atoms with E-state index in [0.717, 1.165) is 44.1 Å². The van der Waals surface area contributed by atoms with Gasteiger partial charge in [0.1, 0.15) is 0 Å². The molecule has 3 heterocycles. The largest absolute Gasteiger partial charge is 0.478 e. The lowest BCUT2D eigenvalue weighted by atomic mass is 9.70. The van der Waals surface area contributed by atoms with Crippen LogP contribution < -0.4 is 11.3 Å². The molecular formula is C32H43N5O5. The third-order valence-electron chi connectivity index (χ3n) is 10.3. The zero-order valence-electron chi connectivity index (χ0n) is 24.7. The van der Waals surface area contributed by atoms with Gasteiger partial charge in [0.15, 0.2) is 11.4 Å². The minimum Gasteiger partial charge on any atom is -0.478 e. The number of fused-ring (bicyclic) bond motifs is 6. The molecule has 2 aliphatic carbocycles. The second kappa shape index (κ2) is 11.4. The molecule has 10 heteroatoms. The molecule has 2 aromatic rings. The number of carboxylic acids is 1. The lowest BCUT2D eigenvalue weighted by Crippen LogP contribution is -2.48. The van der Waals surface area contributed by atoms with Crippen molar-refractivity contribution >= 4 is 28.6 Å². The summed E-state index contributed by atoms with van der Waals surface area (Å²) >= 11 is 0. The van der Waals surface area contributed by atoms with Crippen molar-refractivity contribution < 1.29 is 19.5 Å².